The van der Waals surface area contributed by atoms with Gasteiger partial charge >= 0.3 is 0 Å². The summed E-state index contributed by atoms with van der Waals surface area (Å²) in [6, 6.07) is 1.92. The molecule has 2 saturated heterocycles. The number of nitrogens with two attached hydrogens (primary N) is 2. The van der Waals surface area contributed by atoms with Crippen molar-refractivity contribution in [1.82, 2.24) is 19.4 Å². The number of aromatic nitrogens is 4. The number of anilines is 2. The lowest BCUT2D eigenvalue weighted by Gasteiger charge is -2.41. The quantitative estimate of drug-likeness (QED) is 0.579. The van der Waals surface area contributed by atoms with Gasteiger partial charge in [-0.25, -0.2) is 15.0 Å². The Morgan fingerprint density at radius 3 is 2.55 bits per heavy atom. The average Bonchev–Trinajstić information content (AvgIpc) is 3.32. The number of rotatable bonds is 2. The van der Waals surface area contributed by atoms with Crippen LogP contribution in [-0.2, 0) is 4.74 Å². The molecule has 0 aliphatic carbocycles. The third-order valence-corrected chi connectivity index (χ3v) is 6.90. The van der Waals surface area contributed by atoms with Crippen LogP contribution in [0.5, 0.6) is 0 Å². The highest BCUT2D eigenvalue weighted by molar-refractivity contribution is 7.59. The first-order chi connectivity index (χ1) is 14.0. The van der Waals surface area contributed by atoms with Gasteiger partial charge in [-0.1, -0.05) is 11.6 Å². The normalized spacial score (nSPS) is 22.4. The van der Waals surface area contributed by atoms with Gasteiger partial charge in [-0.15, -0.1) is 0 Å². The monoisotopic (exact) mass is 481 g/mol. The molecule has 5 heterocycles. The fourth-order valence-corrected chi connectivity index (χ4v) is 4.84. The van der Waals surface area contributed by atoms with Crippen molar-refractivity contribution in [2.24, 2.45) is 11.1 Å². The molecule has 0 amide bonds. The van der Waals surface area contributed by atoms with Gasteiger partial charge in [0.2, 0.25) is 5.95 Å². The highest BCUT2D eigenvalue weighted by Crippen LogP contribution is 2.42. The van der Waals surface area contributed by atoms with Gasteiger partial charge in [0.15, 0.2) is 0 Å². The molecule has 0 unspecified atom stereocenters. The maximum Gasteiger partial charge on any atom is 0.211 e. The van der Waals surface area contributed by atoms with E-state index in [1.54, 1.807) is 12.4 Å². The Hall–Kier alpha value is -1.72. The number of nitrogen functional groups attached to an aromatic ring is 1. The fourth-order valence-electron chi connectivity index (χ4n) is 4.62. The van der Waals surface area contributed by atoms with Crippen LogP contribution in [0.15, 0.2) is 30.9 Å². The van der Waals surface area contributed by atoms with Gasteiger partial charge in [0.1, 0.15) is 11.5 Å². The maximum absolute atomic E-state index is 6.45. The third kappa shape index (κ3) is 3.84. The summed E-state index contributed by atoms with van der Waals surface area (Å²) in [4.78, 5) is 15.6. The first-order valence-corrected chi connectivity index (χ1v) is 10.2. The Labute approximate surface area is 200 Å². The van der Waals surface area contributed by atoms with E-state index in [1.807, 2.05) is 22.9 Å². The molecule has 0 radical (unpaired) electrons. The number of fused-ring (bicyclic) bond motifs is 1. The number of nitrogens with zero attached hydrogens (tertiary/aromatic N) is 5. The Bertz CT molecular complexity index is 1070. The van der Waals surface area contributed by atoms with Crippen LogP contribution >= 0.6 is 38.6 Å². The van der Waals surface area contributed by atoms with Crippen molar-refractivity contribution in [1.29, 1.82) is 0 Å². The second-order valence-corrected chi connectivity index (χ2v) is 8.42. The molecule has 5 rings (SSSR count). The average molecular weight is 482 g/mol. The fraction of sp³-hybridized carbons (Fsp3) is 0.450. The van der Waals surface area contributed by atoms with E-state index in [-0.39, 0.29) is 44.6 Å². The van der Waals surface area contributed by atoms with Crippen LogP contribution in [0.25, 0.3) is 16.8 Å². The van der Waals surface area contributed by atoms with Crippen molar-refractivity contribution in [2.45, 2.75) is 31.9 Å². The molecular formula is C20H28ClN7OS2. The van der Waals surface area contributed by atoms with Gasteiger partial charge in [-0.05, 0) is 25.8 Å². The van der Waals surface area contributed by atoms with Gasteiger partial charge < -0.3 is 21.1 Å². The molecule has 11 heteroatoms. The van der Waals surface area contributed by atoms with Crippen molar-refractivity contribution >= 4 is 56.0 Å². The second-order valence-electron chi connectivity index (χ2n) is 8.04. The number of halogens is 1. The van der Waals surface area contributed by atoms with Gasteiger partial charge in [-0.3, -0.25) is 4.40 Å². The zero-order valence-electron chi connectivity index (χ0n) is 17.3. The van der Waals surface area contributed by atoms with Crippen LogP contribution in [0.4, 0.5) is 11.8 Å². The van der Waals surface area contributed by atoms with Crippen molar-refractivity contribution < 1.29 is 4.74 Å². The van der Waals surface area contributed by atoms with Gasteiger partial charge in [0, 0.05) is 60.5 Å². The number of ether oxygens (including phenoxy) is 1. The van der Waals surface area contributed by atoms with Crippen molar-refractivity contribution in [3.8, 4) is 11.1 Å². The van der Waals surface area contributed by atoms with E-state index in [4.69, 9.17) is 32.8 Å². The van der Waals surface area contributed by atoms with Crippen LogP contribution in [0.3, 0.4) is 0 Å². The van der Waals surface area contributed by atoms with Crippen molar-refractivity contribution in [3.63, 3.8) is 0 Å². The molecule has 3 aromatic heterocycles. The zero-order chi connectivity index (χ0) is 20.2. The molecule has 0 bridgehead atoms. The predicted molar refractivity (Wildman–Crippen MR) is 134 cm³/mol. The summed E-state index contributed by atoms with van der Waals surface area (Å²) in [7, 11) is 0. The lowest BCUT2D eigenvalue weighted by Crippen LogP contribution is -2.51. The molecule has 2 fully saturated rings. The van der Waals surface area contributed by atoms with Crippen molar-refractivity contribution in [3.05, 3.63) is 35.9 Å². The minimum absolute atomic E-state index is 0. The smallest absolute Gasteiger partial charge is 0.211 e. The molecule has 1 spiro atoms. The summed E-state index contributed by atoms with van der Waals surface area (Å²) in [6.45, 7) is 4.58. The summed E-state index contributed by atoms with van der Waals surface area (Å²) in [6.07, 6.45) is 9.26. The Balaban J connectivity index is 0.00000136. The SMILES string of the molecule is C[C@@H]1OCC2(CCN(c3ncc(-c4ccnc(N)c4Cl)c4nccn34)CC2)[C@@H]1N.S.S. The van der Waals surface area contributed by atoms with E-state index in [0.29, 0.717) is 10.8 Å². The summed E-state index contributed by atoms with van der Waals surface area (Å²) in [5, 5.41) is 0.413. The lowest BCUT2D eigenvalue weighted by molar-refractivity contribution is 0.0973. The standard InChI is InChI=1S/C20H24ClN7O.2H2S/c1-12-16(22)20(11-29-12)3-7-27(8-4-20)19-26-10-14(18-25-6-9-28(18)19)13-2-5-24-17(23)15(13)21;;/h2,5-6,9-10,12,16H,3-4,7-8,11,22H2,1H3,(H2,23,24);2*1H2/t12-,16+;;/m0../s1. The number of hydrogen-bond acceptors (Lipinski definition) is 7. The van der Waals surface area contributed by atoms with E-state index >= 15 is 0 Å². The maximum atomic E-state index is 6.45. The number of piperidine rings is 1. The molecular weight excluding hydrogens is 454 g/mol. The van der Waals surface area contributed by atoms with E-state index < -0.39 is 0 Å². The Kier molecular flexibility index (Phi) is 6.97. The predicted octanol–water partition coefficient (Wildman–Crippen LogP) is 2.59. The summed E-state index contributed by atoms with van der Waals surface area (Å²) in [5.41, 5.74) is 14.8. The van der Waals surface area contributed by atoms with E-state index in [2.05, 4.69) is 21.8 Å². The summed E-state index contributed by atoms with van der Waals surface area (Å²) >= 11 is 6.39. The molecule has 2 aliphatic rings. The first kappa shape index (κ1) is 23.9. The van der Waals surface area contributed by atoms with Crippen LogP contribution in [0.2, 0.25) is 5.02 Å². The highest BCUT2D eigenvalue weighted by Gasteiger charge is 2.47. The lowest BCUT2D eigenvalue weighted by atomic mass is 9.73. The Morgan fingerprint density at radius 1 is 1.13 bits per heavy atom. The van der Waals surface area contributed by atoms with E-state index in [1.165, 1.54) is 0 Å². The second kappa shape index (κ2) is 9.03. The minimum Gasteiger partial charge on any atom is -0.382 e. The molecule has 31 heavy (non-hydrogen) atoms. The van der Waals surface area contributed by atoms with E-state index in [0.717, 1.165) is 55.3 Å². The Morgan fingerprint density at radius 2 is 1.87 bits per heavy atom. The van der Waals surface area contributed by atoms with Crippen LogP contribution < -0.4 is 16.4 Å². The molecule has 0 aromatic carbocycles. The zero-order valence-corrected chi connectivity index (χ0v) is 20.0. The topological polar surface area (TPSA) is 108 Å². The van der Waals surface area contributed by atoms with Crippen molar-refractivity contribution in [2.75, 3.05) is 30.3 Å². The molecule has 3 aromatic rings. The number of imidazole rings is 1. The van der Waals surface area contributed by atoms with Crippen LogP contribution in [0.1, 0.15) is 19.8 Å². The summed E-state index contributed by atoms with van der Waals surface area (Å²) in [5.74, 6) is 1.17. The molecule has 2 aliphatic heterocycles. The first-order valence-electron chi connectivity index (χ1n) is 9.85. The minimum atomic E-state index is 0. The van der Waals surface area contributed by atoms with Gasteiger partial charge in [0.25, 0.3) is 0 Å². The molecule has 4 N–H and O–H groups in total. The largest absolute Gasteiger partial charge is 0.382 e. The highest BCUT2D eigenvalue weighted by atomic mass is 35.5. The molecule has 0 saturated carbocycles. The molecule has 2 atom stereocenters. The third-order valence-electron chi connectivity index (χ3n) is 6.50. The molecule has 8 nitrogen and oxygen atoms in total. The van der Waals surface area contributed by atoms with E-state index in [9.17, 15) is 0 Å². The van der Waals surface area contributed by atoms with Gasteiger partial charge in [0.05, 0.1) is 17.7 Å². The van der Waals surface area contributed by atoms with Gasteiger partial charge in [-0.2, -0.15) is 27.0 Å². The number of hydrogen-bond donors (Lipinski definition) is 2. The van der Waals surface area contributed by atoms with Crippen LogP contribution in [-0.4, -0.2) is 51.2 Å². The number of pyridine rings is 1. The van der Waals surface area contributed by atoms with Crippen LogP contribution in [0, 0.1) is 5.41 Å². The molecule has 168 valence electrons. The summed E-state index contributed by atoms with van der Waals surface area (Å²) < 4.78 is 7.85.